The summed E-state index contributed by atoms with van der Waals surface area (Å²) >= 11 is 0. The van der Waals surface area contributed by atoms with Crippen molar-refractivity contribution < 1.29 is 19.1 Å². The molecule has 2 N–H and O–H groups in total. The third kappa shape index (κ3) is 4.47. The predicted octanol–water partition coefficient (Wildman–Crippen LogP) is 1.50. The zero-order valence-electron chi connectivity index (χ0n) is 15.5. The molecule has 2 amide bonds. The quantitative estimate of drug-likeness (QED) is 0.640. The molecule has 144 valence electrons. The van der Waals surface area contributed by atoms with E-state index in [2.05, 4.69) is 25.7 Å². The van der Waals surface area contributed by atoms with Crippen LogP contribution >= 0.6 is 0 Å². The molecule has 0 saturated heterocycles. The lowest BCUT2D eigenvalue weighted by Crippen LogP contribution is -2.21. The van der Waals surface area contributed by atoms with Crippen LogP contribution in [0.25, 0.3) is 5.78 Å². The van der Waals surface area contributed by atoms with E-state index in [-0.39, 0.29) is 17.5 Å². The summed E-state index contributed by atoms with van der Waals surface area (Å²) in [4.78, 5) is 43.3. The first-order valence-electron chi connectivity index (χ1n) is 8.37. The van der Waals surface area contributed by atoms with Crippen LogP contribution in [0.4, 0.5) is 11.4 Å². The van der Waals surface area contributed by atoms with Gasteiger partial charge in [0.25, 0.3) is 17.5 Å². The number of nitrogens with zero attached hydrogens (tertiary/aromatic N) is 4. The van der Waals surface area contributed by atoms with Gasteiger partial charge in [0.2, 0.25) is 5.91 Å². The highest BCUT2D eigenvalue weighted by molar-refractivity contribution is 5.95. The number of carbonyl (C=O) groups is 3. The van der Waals surface area contributed by atoms with Crippen molar-refractivity contribution in [3.8, 4) is 0 Å². The molecule has 0 atom stereocenters. The van der Waals surface area contributed by atoms with Gasteiger partial charge >= 0.3 is 5.97 Å². The van der Waals surface area contributed by atoms with Crippen LogP contribution in [-0.2, 0) is 14.3 Å². The molecule has 10 nitrogen and oxygen atoms in total. The maximum atomic E-state index is 12.1. The molecule has 2 aromatic heterocycles. The molecule has 0 bridgehead atoms. The normalized spacial score (nSPS) is 10.5. The van der Waals surface area contributed by atoms with E-state index in [0.29, 0.717) is 11.4 Å². The number of hydrogen-bond acceptors (Lipinski definition) is 7. The predicted molar refractivity (Wildman–Crippen MR) is 99.9 cm³/mol. The number of ether oxygens (including phenoxy) is 1. The molecule has 0 aliphatic carbocycles. The first-order valence-corrected chi connectivity index (χ1v) is 8.37. The second-order valence-corrected chi connectivity index (χ2v) is 6.07. The Morgan fingerprint density at radius 1 is 1.04 bits per heavy atom. The van der Waals surface area contributed by atoms with Crippen LogP contribution in [0.3, 0.4) is 0 Å². The highest BCUT2D eigenvalue weighted by Crippen LogP contribution is 2.13. The van der Waals surface area contributed by atoms with E-state index in [9.17, 15) is 14.4 Å². The molecule has 0 radical (unpaired) electrons. The first-order chi connectivity index (χ1) is 13.3. The fourth-order valence-electron chi connectivity index (χ4n) is 2.49. The zero-order chi connectivity index (χ0) is 20.3. The van der Waals surface area contributed by atoms with Crippen LogP contribution in [0.1, 0.15) is 28.9 Å². The Morgan fingerprint density at radius 2 is 1.68 bits per heavy atom. The molecular weight excluding hydrogens is 364 g/mol. The van der Waals surface area contributed by atoms with Gasteiger partial charge in [-0.15, -0.1) is 5.10 Å². The molecule has 1 aromatic carbocycles. The Labute approximate surface area is 159 Å². The van der Waals surface area contributed by atoms with E-state index in [0.717, 1.165) is 11.4 Å². The number of carbonyl (C=O) groups excluding carboxylic acids is 3. The minimum absolute atomic E-state index is 0.173. The lowest BCUT2D eigenvalue weighted by molar-refractivity contribution is -0.119. The average Bonchev–Trinajstić information content (AvgIpc) is 3.05. The second kappa shape index (κ2) is 7.82. The van der Waals surface area contributed by atoms with Gasteiger partial charge in [-0.3, -0.25) is 9.59 Å². The van der Waals surface area contributed by atoms with E-state index in [1.54, 1.807) is 30.3 Å². The smallest absolute Gasteiger partial charge is 0.378 e. The molecule has 2 heterocycles. The van der Waals surface area contributed by atoms with E-state index >= 15 is 0 Å². The van der Waals surface area contributed by atoms with E-state index in [4.69, 9.17) is 4.74 Å². The van der Waals surface area contributed by atoms with Crippen molar-refractivity contribution in [3.63, 3.8) is 0 Å². The maximum absolute atomic E-state index is 12.1. The van der Waals surface area contributed by atoms with Gasteiger partial charge < -0.3 is 15.4 Å². The summed E-state index contributed by atoms with van der Waals surface area (Å²) in [6, 6.07) is 8.32. The molecule has 0 aliphatic rings. The second-order valence-electron chi connectivity index (χ2n) is 6.07. The Morgan fingerprint density at radius 3 is 2.32 bits per heavy atom. The van der Waals surface area contributed by atoms with Crippen LogP contribution in [0.15, 0.2) is 30.3 Å². The minimum Gasteiger partial charge on any atom is -0.450 e. The highest BCUT2D eigenvalue weighted by atomic mass is 16.5. The summed E-state index contributed by atoms with van der Waals surface area (Å²) in [5.74, 6) is -1.42. The van der Waals surface area contributed by atoms with Crippen LogP contribution in [0, 0.1) is 13.8 Å². The van der Waals surface area contributed by atoms with Gasteiger partial charge in [0, 0.05) is 29.7 Å². The molecule has 3 aromatic rings. The van der Waals surface area contributed by atoms with Gasteiger partial charge in [-0.2, -0.15) is 4.98 Å². The number of benzene rings is 1. The molecule has 0 unspecified atom stereocenters. The Kier molecular flexibility index (Phi) is 5.30. The number of fused-ring (bicyclic) bond motifs is 1. The van der Waals surface area contributed by atoms with Crippen molar-refractivity contribution in [1.29, 1.82) is 0 Å². The molecule has 3 rings (SSSR count). The lowest BCUT2D eigenvalue weighted by atomic mass is 10.2. The first kappa shape index (κ1) is 19.0. The number of aryl methyl sites for hydroxylation is 2. The molecule has 0 saturated carbocycles. The van der Waals surface area contributed by atoms with E-state index in [1.165, 1.54) is 11.4 Å². The van der Waals surface area contributed by atoms with Crippen LogP contribution in [0.5, 0.6) is 0 Å². The Hall–Kier alpha value is -3.82. The van der Waals surface area contributed by atoms with Crippen molar-refractivity contribution in [2.45, 2.75) is 20.8 Å². The SMILES string of the molecule is CC(=O)Nc1ccc(NC(=O)COC(=O)c2nc3nc(C)cc(C)n3n2)cc1. The average molecular weight is 382 g/mol. The summed E-state index contributed by atoms with van der Waals surface area (Å²) in [6.07, 6.45) is 0. The summed E-state index contributed by atoms with van der Waals surface area (Å²) in [5, 5.41) is 9.26. The van der Waals surface area contributed by atoms with E-state index in [1.807, 2.05) is 13.8 Å². The maximum Gasteiger partial charge on any atom is 0.378 e. The molecule has 0 spiro atoms. The van der Waals surface area contributed by atoms with Crippen molar-refractivity contribution in [2.75, 3.05) is 17.2 Å². The molecule has 28 heavy (non-hydrogen) atoms. The van der Waals surface area contributed by atoms with Crippen molar-refractivity contribution in [1.82, 2.24) is 19.6 Å². The topological polar surface area (TPSA) is 128 Å². The number of esters is 1. The molecule has 0 fully saturated rings. The third-order valence-corrected chi connectivity index (χ3v) is 3.62. The lowest BCUT2D eigenvalue weighted by Gasteiger charge is -2.07. The zero-order valence-corrected chi connectivity index (χ0v) is 15.5. The Bertz CT molecular complexity index is 1060. The van der Waals surface area contributed by atoms with Crippen LogP contribution in [0.2, 0.25) is 0 Å². The van der Waals surface area contributed by atoms with Crippen LogP contribution in [-0.4, -0.2) is 44.0 Å². The highest BCUT2D eigenvalue weighted by Gasteiger charge is 2.17. The molecule has 0 aliphatic heterocycles. The van der Waals surface area contributed by atoms with Crippen molar-refractivity contribution in [2.24, 2.45) is 0 Å². The van der Waals surface area contributed by atoms with Gasteiger partial charge in [0.15, 0.2) is 6.61 Å². The van der Waals surface area contributed by atoms with E-state index < -0.39 is 18.5 Å². The number of hydrogen-bond donors (Lipinski definition) is 2. The summed E-state index contributed by atoms with van der Waals surface area (Å²) in [6.45, 7) is 4.54. The summed E-state index contributed by atoms with van der Waals surface area (Å²) in [7, 11) is 0. The standard InChI is InChI=1S/C18H18N6O4/c1-10-8-11(2)24-18(19-10)22-16(23-24)17(27)28-9-15(26)21-14-6-4-13(5-7-14)20-12(3)25/h4-8H,9H2,1-3H3,(H,20,25)(H,21,26). The number of nitrogens with one attached hydrogen (secondary N) is 2. The summed E-state index contributed by atoms with van der Waals surface area (Å²) < 4.78 is 6.39. The van der Waals surface area contributed by atoms with Gasteiger partial charge in [-0.1, -0.05) is 0 Å². The fraction of sp³-hybridized carbons (Fsp3) is 0.222. The number of anilines is 2. The van der Waals surface area contributed by atoms with Crippen molar-refractivity contribution >= 4 is 34.9 Å². The minimum atomic E-state index is -0.821. The Balaban J connectivity index is 1.57. The summed E-state index contributed by atoms with van der Waals surface area (Å²) in [5.41, 5.74) is 2.63. The number of aromatic nitrogens is 4. The van der Waals surface area contributed by atoms with Gasteiger partial charge in [0.05, 0.1) is 0 Å². The van der Waals surface area contributed by atoms with Gasteiger partial charge in [0.1, 0.15) is 0 Å². The largest absolute Gasteiger partial charge is 0.450 e. The monoisotopic (exact) mass is 382 g/mol. The molecular formula is C18H18N6O4. The van der Waals surface area contributed by atoms with Gasteiger partial charge in [-0.05, 0) is 44.2 Å². The van der Waals surface area contributed by atoms with Crippen LogP contribution < -0.4 is 10.6 Å². The van der Waals surface area contributed by atoms with Gasteiger partial charge in [-0.25, -0.2) is 14.3 Å². The number of amides is 2. The molecule has 10 heteroatoms. The third-order valence-electron chi connectivity index (χ3n) is 3.62. The fourth-order valence-corrected chi connectivity index (χ4v) is 2.49. The number of rotatable bonds is 5. The van der Waals surface area contributed by atoms with Crippen molar-refractivity contribution in [3.05, 3.63) is 47.5 Å².